The second kappa shape index (κ2) is 9.77. The first-order chi connectivity index (χ1) is 18.7. The summed E-state index contributed by atoms with van der Waals surface area (Å²) in [4.78, 5) is 17.7. The Morgan fingerprint density at radius 1 is 1.03 bits per heavy atom. The lowest BCUT2D eigenvalue weighted by Crippen LogP contribution is -2.28. The Kier molecular flexibility index (Phi) is 6.40. The molecule has 0 spiro atoms. The van der Waals surface area contributed by atoms with Crippen LogP contribution in [0.2, 0.25) is 0 Å². The third-order valence-corrected chi connectivity index (χ3v) is 10.4. The highest BCUT2D eigenvalue weighted by Gasteiger charge is 2.50. The Balaban J connectivity index is 1.21. The van der Waals surface area contributed by atoms with Crippen molar-refractivity contribution < 1.29 is 27.5 Å². The zero-order chi connectivity index (χ0) is 27.2. The maximum absolute atomic E-state index is 13.1. The topological polar surface area (TPSA) is 107 Å². The zero-order valence-corrected chi connectivity index (χ0v) is 22.4. The number of aliphatic hydroxyl groups excluding tert-OH is 1. The number of ketones is 1. The second-order valence-corrected chi connectivity index (χ2v) is 13.2. The van der Waals surface area contributed by atoms with Crippen molar-refractivity contribution in [2.45, 2.75) is 37.0 Å². The fourth-order valence-corrected chi connectivity index (χ4v) is 6.63. The van der Waals surface area contributed by atoms with Crippen LogP contribution >= 0.6 is 0 Å². The molecule has 2 aliphatic rings. The van der Waals surface area contributed by atoms with E-state index in [-0.39, 0.29) is 5.92 Å². The number of aromatic nitrogens is 1. The van der Waals surface area contributed by atoms with Gasteiger partial charge in [-0.15, -0.1) is 0 Å². The second-order valence-electron chi connectivity index (χ2n) is 10.7. The standard InChI is InChI=1S/C31H29NO6S/c1-31(13-14-31)39(35,36)19-27(33)25-10-6-5-9-24(25)21-11-12-26-28(16-21)37-17-22(29(26)34)15-23-18-38-30(32-23)20-7-3-2-4-8-20/h2-12,16,18,22,29,34H,13-15,17,19H2,1H3/t22-,29+/m1/s1. The largest absolute Gasteiger partial charge is 0.493 e. The predicted molar refractivity (Wildman–Crippen MR) is 147 cm³/mol. The van der Waals surface area contributed by atoms with E-state index in [1.807, 2.05) is 48.5 Å². The molecule has 0 unspecified atom stereocenters. The van der Waals surface area contributed by atoms with Crippen LogP contribution in [0.1, 0.15) is 47.5 Å². The van der Waals surface area contributed by atoms with Crippen LogP contribution in [-0.4, -0.2) is 41.4 Å². The average Bonchev–Trinajstić information content (AvgIpc) is 3.55. The molecule has 4 aromatic rings. The van der Waals surface area contributed by atoms with Gasteiger partial charge in [-0.05, 0) is 49.1 Å². The van der Waals surface area contributed by atoms with Crippen LogP contribution in [0.25, 0.3) is 22.6 Å². The molecular formula is C31H29NO6S. The summed E-state index contributed by atoms with van der Waals surface area (Å²) in [6, 6.07) is 22.1. The van der Waals surface area contributed by atoms with Gasteiger partial charge in [-0.3, -0.25) is 4.79 Å². The highest BCUT2D eigenvalue weighted by molar-refractivity contribution is 7.93. The Morgan fingerprint density at radius 2 is 1.77 bits per heavy atom. The van der Waals surface area contributed by atoms with Crippen LogP contribution in [0, 0.1) is 5.92 Å². The van der Waals surface area contributed by atoms with E-state index in [2.05, 4.69) is 4.98 Å². The van der Waals surface area contributed by atoms with Gasteiger partial charge >= 0.3 is 0 Å². The first kappa shape index (κ1) is 25.5. The van der Waals surface area contributed by atoms with Crippen LogP contribution in [0.4, 0.5) is 0 Å². The molecule has 7 nitrogen and oxygen atoms in total. The molecule has 200 valence electrons. The maximum atomic E-state index is 13.1. The molecule has 39 heavy (non-hydrogen) atoms. The van der Waals surface area contributed by atoms with Crippen LogP contribution in [-0.2, 0) is 16.3 Å². The maximum Gasteiger partial charge on any atom is 0.226 e. The molecule has 1 saturated carbocycles. The Labute approximate surface area is 227 Å². The molecule has 6 rings (SSSR count). The Bertz CT molecular complexity index is 1640. The lowest BCUT2D eigenvalue weighted by atomic mass is 9.88. The lowest BCUT2D eigenvalue weighted by molar-refractivity contribution is 0.0503. The SMILES string of the molecule is CC1(S(=O)(=O)CC(=O)c2ccccc2-c2ccc3c(c2)OC[C@@H](Cc2coc(-c4ccccc4)n2)[C@@H]3O)CC1. The van der Waals surface area contributed by atoms with E-state index in [1.54, 1.807) is 37.5 Å². The first-order valence-corrected chi connectivity index (χ1v) is 14.7. The number of rotatable bonds is 8. The van der Waals surface area contributed by atoms with E-state index in [9.17, 15) is 18.3 Å². The molecule has 1 aliphatic heterocycles. The molecule has 0 radical (unpaired) electrons. The Morgan fingerprint density at radius 3 is 2.54 bits per heavy atom. The normalized spacial score (nSPS) is 19.6. The minimum atomic E-state index is -3.52. The molecule has 2 atom stereocenters. The van der Waals surface area contributed by atoms with Crippen molar-refractivity contribution in [1.82, 2.24) is 4.98 Å². The van der Waals surface area contributed by atoms with Crippen LogP contribution < -0.4 is 4.74 Å². The number of carbonyl (C=O) groups is 1. The number of Topliss-reactive ketones (excluding diaryl/α,β-unsaturated/α-hetero) is 1. The van der Waals surface area contributed by atoms with Gasteiger partial charge in [-0.25, -0.2) is 13.4 Å². The van der Waals surface area contributed by atoms with Crippen molar-refractivity contribution in [2.75, 3.05) is 12.4 Å². The summed E-state index contributed by atoms with van der Waals surface area (Å²) in [5.41, 5.74) is 4.01. The number of oxazole rings is 1. The van der Waals surface area contributed by atoms with Crippen LogP contribution in [0.3, 0.4) is 0 Å². The van der Waals surface area contributed by atoms with Crippen molar-refractivity contribution in [3.63, 3.8) is 0 Å². The van der Waals surface area contributed by atoms with Crippen molar-refractivity contribution in [3.05, 3.63) is 95.9 Å². The number of hydrogen-bond acceptors (Lipinski definition) is 7. The third kappa shape index (κ3) is 4.90. The highest BCUT2D eigenvalue weighted by Crippen LogP contribution is 2.44. The lowest BCUT2D eigenvalue weighted by Gasteiger charge is -2.30. The molecule has 1 aromatic heterocycles. The summed E-state index contributed by atoms with van der Waals surface area (Å²) in [5, 5.41) is 11.2. The molecule has 0 bridgehead atoms. The Hall–Kier alpha value is -3.75. The summed E-state index contributed by atoms with van der Waals surface area (Å²) in [6.45, 7) is 1.99. The number of hydrogen-bond donors (Lipinski definition) is 1. The summed E-state index contributed by atoms with van der Waals surface area (Å²) < 4.78 is 36.4. The van der Waals surface area contributed by atoms with Crippen molar-refractivity contribution in [1.29, 1.82) is 0 Å². The molecular weight excluding hydrogens is 514 g/mol. The molecule has 3 aromatic carbocycles. The van der Waals surface area contributed by atoms with Gasteiger partial charge in [-0.2, -0.15) is 0 Å². The smallest absolute Gasteiger partial charge is 0.226 e. The van der Waals surface area contributed by atoms with Gasteiger partial charge in [0.1, 0.15) is 17.8 Å². The number of aliphatic hydroxyl groups is 1. The number of ether oxygens (including phenoxy) is 1. The molecule has 1 fully saturated rings. The van der Waals surface area contributed by atoms with Crippen molar-refractivity contribution in [3.8, 4) is 28.3 Å². The minimum Gasteiger partial charge on any atom is -0.493 e. The van der Waals surface area contributed by atoms with E-state index in [4.69, 9.17) is 9.15 Å². The van der Waals surface area contributed by atoms with E-state index < -0.39 is 32.2 Å². The van der Waals surface area contributed by atoms with E-state index in [1.165, 1.54) is 0 Å². The quantitative estimate of drug-likeness (QED) is 0.295. The summed E-state index contributed by atoms with van der Waals surface area (Å²) in [6.07, 6.45) is 2.54. The van der Waals surface area contributed by atoms with Crippen molar-refractivity contribution in [2.24, 2.45) is 5.92 Å². The van der Waals surface area contributed by atoms with Gasteiger partial charge < -0.3 is 14.3 Å². The number of fused-ring (bicyclic) bond motifs is 1. The number of carbonyl (C=O) groups excluding carboxylic acids is 1. The van der Waals surface area contributed by atoms with E-state index in [0.717, 1.165) is 16.8 Å². The third-order valence-electron chi connectivity index (χ3n) is 7.84. The van der Waals surface area contributed by atoms with Crippen LogP contribution in [0.15, 0.2) is 83.5 Å². The molecule has 2 heterocycles. The highest BCUT2D eigenvalue weighted by atomic mass is 32.2. The zero-order valence-electron chi connectivity index (χ0n) is 21.5. The van der Waals surface area contributed by atoms with Gasteiger partial charge in [0.05, 0.1) is 23.2 Å². The fraction of sp³-hybridized carbons (Fsp3) is 0.290. The summed E-state index contributed by atoms with van der Waals surface area (Å²) >= 11 is 0. The minimum absolute atomic E-state index is 0.208. The molecule has 0 saturated heterocycles. The van der Waals surface area contributed by atoms with Gasteiger partial charge in [0.25, 0.3) is 0 Å². The van der Waals surface area contributed by atoms with Gasteiger partial charge in [0.15, 0.2) is 15.6 Å². The van der Waals surface area contributed by atoms with Gasteiger partial charge in [-0.1, -0.05) is 54.6 Å². The monoisotopic (exact) mass is 543 g/mol. The number of benzene rings is 3. The summed E-state index contributed by atoms with van der Waals surface area (Å²) in [7, 11) is -3.52. The van der Waals surface area contributed by atoms with Gasteiger partial charge in [0, 0.05) is 29.0 Å². The fourth-order valence-electron chi connectivity index (χ4n) is 5.06. The van der Waals surface area contributed by atoms with Gasteiger partial charge in [0.2, 0.25) is 5.89 Å². The number of sulfone groups is 1. The molecule has 8 heteroatoms. The average molecular weight is 544 g/mol. The molecule has 1 aliphatic carbocycles. The predicted octanol–water partition coefficient (Wildman–Crippen LogP) is 5.44. The van der Waals surface area contributed by atoms with Crippen molar-refractivity contribution >= 4 is 15.6 Å². The summed E-state index contributed by atoms with van der Waals surface area (Å²) in [5.74, 6) is -0.0492. The number of nitrogens with zero attached hydrogens (tertiary/aromatic N) is 1. The van der Waals surface area contributed by atoms with E-state index >= 15 is 0 Å². The van der Waals surface area contributed by atoms with E-state index in [0.29, 0.717) is 54.2 Å². The molecule has 1 N–H and O–H groups in total. The van der Waals surface area contributed by atoms with Crippen LogP contribution in [0.5, 0.6) is 5.75 Å². The molecule has 0 amide bonds. The first-order valence-electron chi connectivity index (χ1n) is 13.0.